The highest BCUT2D eigenvalue weighted by molar-refractivity contribution is 8.04. The van der Waals surface area contributed by atoms with E-state index in [9.17, 15) is 22.8 Å². The molecule has 0 bridgehead atoms. The van der Waals surface area contributed by atoms with Gasteiger partial charge >= 0.3 is 6.18 Å². The van der Waals surface area contributed by atoms with Crippen LogP contribution in [0.3, 0.4) is 0 Å². The third-order valence-corrected chi connectivity index (χ3v) is 8.05. The second kappa shape index (κ2) is 9.65. The summed E-state index contributed by atoms with van der Waals surface area (Å²) < 4.78 is 40.3. The number of alkyl halides is 3. The normalized spacial score (nSPS) is 16.5. The maximum Gasteiger partial charge on any atom is 0.416 e. The average Bonchev–Trinajstić information content (AvgIpc) is 3.31. The third kappa shape index (κ3) is 4.74. The summed E-state index contributed by atoms with van der Waals surface area (Å²) in [6.07, 6.45) is -0.240. The molecule has 2 aromatic heterocycles. The number of thioether (sulfide) groups is 1. The lowest BCUT2D eigenvalue weighted by atomic mass is 9.93. The smallest absolute Gasteiger partial charge is 0.352 e. The fraction of sp³-hybridized carbons (Fsp3) is 0.346. The van der Waals surface area contributed by atoms with Crippen LogP contribution in [0.15, 0.2) is 58.6 Å². The van der Waals surface area contributed by atoms with Crippen molar-refractivity contribution in [3.63, 3.8) is 0 Å². The van der Waals surface area contributed by atoms with Gasteiger partial charge in [-0.05, 0) is 74.1 Å². The number of carbonyl (C=O) groups excluding carboxylic acids is 2. The van der Waals surface area contributed by atoms with Crippen LogP contribution in [0.5, 0.6) is 0 Å². The van der Waals surface area contributed by atoms with Gasteiger partial charge in [0, 0.05) is 25.2 Å². The van der Waals surface area contributed by atoms with Crippen LogP contribution in [-0.2, 0) is 11.0 Å². The molecule has 0 atom stereocenters. The zero-order valence-electron chi connectivity index (χ0n) is 19.6. The molecule has 2 amide bonds. The van der Waals surface area contributed by atoms with Crippen molar-refractivity contribution < 1.29 is 22.8 Å². The molecule has 5 rings (SSSR count). The quantitative estimate of drug-likeness (QED) is 0.505. The second-order valence-electron chi connectivity index (χ2n) is 9.11. The van der Waals surface area contributed by atoms with Crippen molar-refractivity contribution in [2.75, 3.05) is 19.6 Å². The Hall–Kier alpha value is -3.27. The first-order valence-corrected chi connectivity index (χ1v) is 12.6. The van der Waals surface area contributed by atoms with Crippen LogP contribution in [0.2, 0.25) is 0 Å². The topological polar surface area (TPSA) is 66.7 Å². The van der Waals surface area contributed by atoms with E-state index in [0.717, 1.165) is 53.3 Å². The van der Waals surface area contributed by atoms with Gasteiger partial charge in [-0.15, -0.1) is 0 Å². The molecule has 188 valence electrons. The van der Waals surface area contributed by atoms with Gasteiger partial charge in [0.05, 0.1) is 27.4 Å². The third-order valence-electron chi connectivity index (χ3n) is 6.83. The molecular formula is C26H25F3N4O2S. The lowest BCUT2D eigenvalue weighted by Gasteiger charge is -2.32. The molecule has 0 saturated carbocycles. The maximum atomic E-state index is 12.9. The Balaban J connectivity index is 1.11. The van der Waals surface area contributed by atoms with Gasteiger partial charge in [0.15, 0.2) is 0 Å². The molecule has 10 heteroatoms. The Kier molecular flexibility index (Phi) is 6.55. The first kappa shape index (κ1) is 24.4. The number of halogens is 3. The van der Waals surface area contributed by atoms with Crippen LogP contribution in [0, 0.1) is 5.92 Å². The molecule has 0 radical (unpaired) electrons. The Labute approximate surface area is 210 Å². The molecule has 4 heterocycles. The molecule has 6 nitrogen and oxygen atoms in total. The Morgan fingerprint density at radius 3 is 2.53 bits per heavy atom. The molecular weight excluding hydrogens is 489 g/mol. The number of imidazole rings is 1. The van der Waals surface area contributed by atoms with Gasteiger partial charge in [-0.2, -0.15) is 13.2 Å². The monoisotopic (exact) mass is 514 g/mol. The molecule has 36 heavy (non-hydrogen) atoms. The van der Waals surface area contributed by atoms with E-state index >= 15 is 0 Å². The molecule has 3 aromatic rings. The highest BCUT2D eigenvalue weighted by Crippen LogP contribution is 2.39. The first-order chi connectivity index (χ1) is 17.2. The predicted octanol–water partition coefficient (Wildman–Crippen LogP) is 5.25. The van der Waals surface area contributed by atoms with Crippen LogP contribution in [0.4, 0.5) is 13.2 Å². The van der Waals surface area contributed by atoms with E-state index in [1.54, 1.807) is 11.1 Å². The molecule has 0 aliphatic carbocycles. The largest absolute Gasteiger partial charge is 0.416 e. The van der Waals surface area contributed by atoms with E-state index in [0.29, 0.717) is 30.5 Å². The van der Waals surface area contributed by atoms with E-state index in [4.69, 9.17) is 0 Å². The summed E-state index contributed by atoms with van der Waals surface area (Å²) in [6.45, 7) is 3.57. The van der Waals surface area contributed by atoms with E-state index in [1.165, 1.54) is 23.9 Å². The zero-order valence-corrected chi connectivity index (χ0v) is 20.5. The SMILES string of the molecule is CC1=C(C(=O)NCCC2CCN(C(=O)c3ccc(C(F)(F)F)cc3)CC2)Sc2cccc3ncc1n23. The van der Waals surface area contributed by atoms with Crippen molar-refractivity contribution in [3.05, 3.63) is 70.4 Å². The van der Waals surface area contributed by atoms with E-state index < -0.39 is 11.7 Å². The molecule has 1 saturated heterocycles. The fourth-order valence-corrected chi connectivity index (χ4v) is 5.81. The molecule has 2 aliphatic heterocycles. The number of carbonyl (C=O) groups is 2. The second-order valence-corrected chi connectivity index (χ2v) is 10.1. The number of nitrogens with zero attached hydrogens (tertiary/aromatic N) is 3. The molecule has 1 fully saturated rings. The van der Waals surface area contributed by atoms with Gasteiger partial charge < -0.3 is 10.2 Å². The fourth-order valence-electron chi connectivity index (χ4n) is 4.74. The minimum atomic E-state index is -4.42. The van der Waals surface area contributed by atoms with Gasteiger partial charge in [0.25, 0.3) is 11.8 Å². The van der Waals surface area contributed by atoms with Crippen molar-refractivity contribution in [2.45, 2.75) is 37.4 Å². The number of nitrogens with one attached hydrogen (secondary N) is 1. The van der Waals surface area contributed by atoms with Crippen LogP contribution >= 0.6 is 11.8 Å². The number of likely N-dealkylation sites (tertiary alicyclic amines) is 1. The molecule has 0 spiro atoms. The average molecular weight is 515 g/mol. The number of benzene rings is 1. The summed E-state index contributed by atoms with van der Waals surface area (Å²) >= 11 is 1.44. The van der Waals surface area contributed by atoms with Gasteiger partial charge in [0.2, 0.25) is 0 Å². The summed E-state index contributed by atoms with van der Waals surface area (Å²) in [5.74, 6) is 0.0181. The van der Waals surface area contributed by atoms with Gasteiger partial charge in [-0.1, -0.05) is 17.8 Å². The number of hydrogen-bond donors (Lipinski definition) is 1. The molecule has 1 aromatic carbocycles. The summed E-state index contributed by atoms with van der Waals surface area (Å²) in [5, 5.41) is 4.00. The van der Waals surface area contributed by atoms with Crippen LogP contribution in [0.25, 0.3) is 11.2 Å². The first-order valence-electron chi connectivity index (χ1n) is 11.8. The van der Waals surface area contributed by atoms with Crippen molar-refractivity contribution in [2.24, 2.45) is 5.92 Å². The van der Waals surface area contributed by atoms with Gasteiger partial charge in [-0.3, -0.25) is 14.0 Å². The highest BCUT2D eigenvalue weighted by atomic mass is 32.2. The van der Waals surface area contributed by atoms with Crippen LogP contribution < -0.4 is 5.32 Å². The number of allylic oxidation sites excluding steroid dienone is 1. The predicted molar refractivity (Wildman–Crippen MR) is 131 cm³/mol. The summed E-state index contributed by atoms with van der Waals surface area (Å²) in [6, 6.07) is 10.2. The van der Waals surface area contributed by atoms with Crippen molar-refractivity contribution >= 4 is 34.8 Å². The number of hydrogen-bond acceptors (Lipinski definition) is 4. The zero-order chi connectivity index (χ0) is 25.4. The molecule has 0 unspecified atom stereocenters. The minimum absolute atomic E-state index is 0.100. The van der Waals surface area contributed by atoms with Crippen molar-refractivity contribution in [1.29, 1.82) is 0 Å². The lowest BCUT2D eigenvalue weighted by Crippen LogP contribution is -2.39. The summed E-state index contributed by atoms with van der Waals surface area (Å²) in [5.41, 5.74) is 2.18. The summed E-state index contributed by atoms with van der Waals surface area (Å²) in [7, 11) is 0. The number of pyridine rings is 1. The van der Waals surface area contributed by atoms with Crippen molar-refractivity contribution in [1.82, 2.24) is 19.6 Å². The maximum absolute atomic E-state index is 12.9. The Morgan fingerprint density at radius 2 is 1.83 bits per heavy atom. The highest BCUT2D eigenvalue weighted by Gasteiger charge is 2.31. The van der Waals surface area contributed by atoms with Crippen LogP contribution in [-0.4, -0.2) is 45.7 Å². The van der Waals surface area contributed by atoms with Crippen molar-refractivity contribution in [3.8, 4) is 0 Å². The van der Waals surface area contributed by atoms with Crippen LogP contribution in [0.1, 0.15) is 47.8 Å². The van der Waals surface area contributed by atoms with E-state index in [-0.39, 0.29) is 17.4 Å². The number of aromatic nitrogens is 2. The van der Waals surface area contributed by atoms with E-state index in [1.807, 2.05) is 25.1 Å². The minimum Gasteiger partial charge on any atom is -0.352 e. The number of rotatable bonds is 5. The Morgan fingerprint density at radius 1 is 1.11 bits per heavy atom. The summed E-state index contributed by atoms with van der Waals surface area (Å²) in [4.78, 5) is 32.4. The number of piperidine rings is 1. The van der Waals surface area contributed by atoms with Gasteiger partial charge in [-0.25, -0.2) is 4.98 Å². The standard InChI is InChI=1S/C26H25F3N4O2S/c1-16-20-15-31-21-3-2-4-22(33(20)21)36-23(16)24(34)30-12-9-17-10-13-32(14-11-17)25(35)18-5-7-19(8-6-18)26(27,28)29/h2-8,15,17H,9-14H2,1H3,(H,30,34). The lowest BCUT2D eigenvalue weighted by molar-refractivity contribution is -0.137. The number of amides is 2. The van der Waals surface area contributed by atoms with E-state index in [2.05, 4.69) is 14.7 Å². The molecule has 1 N–H and O–H groups in total. The Bertz CT molecular complexity index is 1340. The van der Waals surface area contributed by atoms with Gasteiger partial charge in [0.1, 0.15) is 5.65 Å². The molecule has 2 aliphatic rings.